The van der Waals surface area contributed by atoms with Crippen LogP contribution in [0.3, 0.4) is 0 Å². The van der Waals surface area contributed by atoms with Crippen LogP contribution in [0.4, 0.5) is 8.78 Å². The van der Waals surface area contributed by atoms with Crippen LogP contribution in [-0.4, -0.2) is 31.8 Å². The van der Waals surface area contributed by atoms with Crippen LogP contribution in [0.15, 0.2) is 23.1 Å². The first-order chi connectivity index (χ1) is 14.3. The first-order valence-corrected chi connectivity index (χ1v) is 11.9. The Bertz CT molecular complexity index is 1010. The monoisotopic (exact) mass is 455 g/mol. The van der Waals surface area contributed by atoms with Crippen LogP contribution in [0.1, 0.15) is 46.0 Å². The Morgan fingerprint density at radius 2 is 1.61 bits per heavy atom. The lowest BCUT2D eigenvalue weighted by Gasteiger charge is -2.59. The highest BCUT2D eigenvalue weighted by atomic mass is 32.2. The van der Waals surface area contributed by atoms with Crippen molar-refractivity contribution < 1.29 is 26.8 Å². The van der Waals surface area contributed by atoms with Crippen LogP contribution in [-0.2, 0) is 19.6 Å². The molecule has 10 heteroatoms. The molecule has 31 heavy (non-hydrogen) atoms. The van der Waals surface area contributed by atoms with Gasteiger partial charge in [0.2, 0.25) is 21.8 Å². The standard InChI is InChI=1S/C21H27F2N3O4S/c1-20(2,26-31(29,30)16-6-14(22)5-15(23)7-16)19(28)25-17-12-3-11-4-13(17)10-21(8-11,9-12)18(24)27/h5-7,11-13,17,26H,3-4,8-10H2,1-2H3,(H2,24,27)(H,25,28). The summed E-state index contributed by atoms with van der Waals surface area (Å²) in [5.41, 5.74) is 3.65. The van der Waals surface area contributed by atoms with Crippen molar-refractivity contribution in [2.24, 2.45) is 28.9 Å². The lowest BCUT2D eigenvalue weighted by molar-refractivity contribution is -0.148. The van der Waals surface area contributed by atoms with E-state index in [2.05, 4.69) is 10.0 Å². The van der Waals surface area contributed by atoms with E-state index in [-0.39, 0.29) is 23.8 Å². The third-order valence-corrected chi connectivity index (χ3v) is 8.83. The molecule has 4 aliphatic carbocycles. The molecule has 1 aromatic rings. The van der Waals surface area contributed by atoms with Gasteiger partial charge in [-0.1, -0.05) is 0 Å². The molecule has 2 amide bonds. The number of nitrogens with two attached hydrogens (primary N) is 1. The van der Waals surface area contributed by atoms with Crippen LogP contribution >= 0.6 is 0 Å². The van der Waals surface area contributed by atoms with Gasteiger partial charge in [0, 0.05) is 17.5 Å². The number of carbonyl (C=O) groups excluding carboxylic acids is 2. The normalized spacial score (nSPS) is 32.1. The van der Waals surface area contributed by atoms with Crippen LogP contribution in [0.5, 0.6) is 0 Å². The van der Waals surface area contributed by atoms with Gasteiger partial charge in [-0.05, 0) is 75.8 Å². The number of benzene rings is 1. The van der Waals surface area contributed by atoms with Gasteiger partial charge in [-0.15, -0.1) is 0 Å². The van der Waals surface area contributed by atoms with Crippen molar-refractivity contribution >= 4 is 21.8 Å². The van der Waals surface area contributed by atoms with Crippen molar-refractivity contribution in [2.75, 3.05) is 0 Å². The Hall–Kier alpha value is -2.07. The van der Waals surface area contributed by atoms with Gasteiger partial charge in [-0.3, -0.25) is 9.59 Å². The summed E-state index contributed by atoms with van der Waals surface area (Å²) < 4.78 is 54.5. The average molecular weight is 456 g/mol. The van der Waals surface area contributed by atoms with E-state index in [0.29, 0.717) is 37.0 Å². The Morgan fingerprint density at radius 3 is 2.13 bits per heavy atom. The summed E-state index contributed by atoms with van der Waals surface area (Å²) in [6, 6.07) is 1.80. The van der Waals surface area contributed by atoms with Crippen molar-refractivity contribution in [3.8, 4) is 0 Å². The molecular formula is C21H27F2N3O4S. The first-order valence-electron chi connectivity index (χ1n) is 10.4. The molecule has 0 spiro atoms. The van der Waals surface area contributed by atoms with Crippen molar-refractivity contribution in [2.45, 2.75) is 62.4 Å². The molecule has 0 saturated heterocycles. The predicted octanol–water partition coefficient (Wildman–Crippen LogP) is 1.82. The van der Waals surface area contributed by atoms with Crippen molar-refractivity contribution in [1.82, 2.24) is 10.0 Å². The SMILES string of the molecule is CC(C)(NS(=O)(=O)c1cc(F)cc(F)c1)C(=O)NC1C2CC3CC1CC(C(N)=O)(C3)C2. The van der Waals surface area contributed by atoms with Gasteiger partial charge in [0.05, 0.1) is 4.90 Å². The largest absolute Gasteiger partial charge is 0.369 e. The predicted molar refractivity (Wildman–Crippen MR) is 108 cm³/mol. The zero-order valence-corrected chi connectivity index (χ0v) is 18.3. The third kappa shape index (κ3) is 3.95. The van der Waals surface area contributed by atoms with Crippen molar-refractivity contribution in [1.29, 1.82) is 0 Å². The average Bonchev–Trinajstić information content (AvgIpc) is 2.62. The van der Waals surface area contributed by atoms with Crippen LogP contribution in [0.25, 0.3) is 0 Å². The Labute approximate surface area is 180 Å². The molecule has 4 fully saturated rings. The van der Waals surface area contributed by atoms with Crippen LogP contribution in [0.2, 0.25) is 0 Å². The highest BCUT2D eigenvalue weighted by Gasteiger charge is 2.58. The quantitative estimate of drug-likeness (QED) is 0.606. The summed E-state index contributed by atoms with van der Waals surface area (Å²) in [6.07, 6.45) is 3.89. The summed E-state index contributed by atoms with van der Waals surface area (Å²) in [7, 11) is -4.34. The van der Waals surface area contributed by atoms with Gasteiger partial charge >= 0.3 is 0 Å². The number of rotatable bonds is 6. The van der Waals surface area contributed by atoms with Gasteiger partial charge in [0.1, 0.15) is 17.2 Å². The lowest BCUT2D eigenvalue weighted by Crippen LogP contribution is -2.65. The van der Waals surface area contributed by atoms with Crippen molar-refractivity contribution in [3.63, 3.8) is 0 Å². The molecule has 5 rings (SSSR count). The van der Waals surface area contributed by atoms with E-state index in [1.807, 2.05) is 0 Å². The topological polar surface area (TPSA) is 118 Å². The molecule has 4 saturated carbocycles. The number of hydrogen-bond acceptors (Lipinski definition) is 4. The molecule has 2 unspecified atom stereocenters. The highest BCUT2D eigenvalue weighted by Crippen LogP contribution is 2.59. The zero-order chi connectivity index (χ0) is 22.8. The number of sulfonamides is 1. The number of halogens is 2. The number of carbonyl (C=O) groups is 2. The number of nitrogens with one attached hydrogen (secondary N) is 2. The molecular weight excluding hydrogens is 428 g/mol. The Kier molecular flexibility index (Phi) is 5.16. The first kappa shape index (κ1) is 22.1. The fraction of sp³-hybridized carbons (Fsp3) is 0.619. The van der Waals surface area contributed by atoms with E-state index < -0.39 is 43.4 Å². The molecule has 7 nitrogen and oxygen atoms in total. The summed E-state index contributed by atoms with van der Waals surface area (Å²) in [5, 5.41) is 2.99. The third-order valence-electron chi connectivity index (χ3n) is 7.20. The molecule has 0 radical (unpaired) electrons. The fourth-order valence-corrected chi connectivity index (χ4v) is 7.44. The zero-order valence-electron chi connectivity index (χ0n) is 17.5. The second kappa shape index (κ2) is 7.23. The molecule has 2 atom stereocenters. The highest BCUT2D eigenvalue weighted by molar-refractivity contribution is 7.89. The van der Waals surface area contributed by atoms with E-state index in [4.69, 9.17) is 5.73 Å². The van der Waals surface area contributed by atoms with Crippen molar-refractivity contribution in [3.05, 3.63) is 29.8 Å². The Morgan fingerprint density at radius 1 is 1.06 bits per heavy atom. The van der Waals surface area contributed by atoms with Crippen LogP contribution in [0, 0.1) is 34.8 Å². The van der Waals surface area contributed by atoms with E-state index in [1.165, 1.54) is 13.8 Å². The minimum atomic E-state index is -4.34. The molecule has 4 N–H and O–H groups in total. The molecule has 0 aliphatic heterocycles. The van der Waals surface area contributed by atoms with Gasteiger partial charge in [-0.2, -0.15) is 4.72 Å². The molecule has 4 aliphatic rings. The molecule has 4 bridgehead atoms. The smallest absolute Gasteiger partial charge is 0.241 e. The fourth-order valence-electron chi connectivity index (χ4n) is 6.02. The second-order valence-electron chi connectivity index (χ2n) is 9.95. The molecule has 1 aromatic carbocycles. The summed E-state index contributed by atoms with van der Waals surface area (Å²) in [6.45, 7) is 2.80. The van der Waals surface area contributed by atoms with Gasteiger partial charge in [-0.25, -0.2) is 17.2 Å². The number of hydrogen-bond donors (Lipinski definition) is 3. The van der Waals surface area contributed by atoms with Gasteiger partial charge in [0.25, 0.3) is 0 Å². The second-order valence-corrected chi connectivity index (χ2v) is 11.6. The maximum absolute atomic E-state index is 13.5. The summed E-state index contributed by atoms with van der Waals surface area (Å²) in [4.78, 5) is 24.5. The molecule has 0 heterocycles. The van der Waals surface area contributed by atoms with E-state index >= 15 is 0 Å². The Balaban J connectivity index is 1.49. The van der Waals surface area contributed by atoms with Gasteiger partial charge in [0.15, 0.2) is 0 Å². The van der Waals surface area contributed by atoms with E-state index in [1.54, 1.807) is 0 Å². The maximum atomic E-state index is 13.5. The summed E-state index contributed by atoms with van der Waals surface area (Å²) >= 11 is 0. The van der Waals surface area contributed by atoms with Gasteiger partial charge < -0.3 is 11.1 Å². The number of amides is 2. The molecule has 0 aromatic heterocycles. The van der Waals surface area contributed by atoms with Crippen LogP contribution < -0.4 is 15.8 Å². The minimum absolute atomic E-state index is 0.118. The lowest BCUT2D eigenvalue weighted by atomic mass is 9.47. The van der Waals surface area contributed by atoms with E-state index in [9.17, 15) is 26.8 Å². The minimum Gasteiger partial charge on any atom is -0.369 e. The van der Waals surface area contributed by atoms with E-state index in [0.717, 1.165) is 19.3 Å². The molecule has 170 valence electrons. The number of primary amides is 1. The maximum Gasteiger partial charge on any atom is 0.241 e. The summed E-state index contributed by atoms with van der Waals surface area (Å²) in [5.74, 6) is -2.20.